The van der Waals surface area contributed by atoms with E-state index in [4.69, 9.17) is 19.4 Å². The van der Waals surface area contributed by atoms with Gasteiger partial charge in [-0.3, -0.25) is 5.32 Å². The van der Waals surface area contributed by atoms with Crippen LogP contribution in [0.15, 0.2) is 46.9 Å². The van der Waals surface area contributed by atoms with Crippen molar-refractivity contribution in [3.05, 3.63) is 63.6 Å². The molecule has 0 radical (unpaired) electrons. The first-order valence-electron chi connectivity index (χ1n) is 12.6. The molecule has 0 aromatic heterocycles. The van der Waals surface area contributed by atoms with E-state index in [0.29, 0.717) is 25.3 Å². The number of nitrogens with one attached hydrogen (secondary N) is 1. The van der Waals surface area contributed by atoms with Crippen molar-refractivity contribution in [2.24, 2.45) is 0 Å². The molecule has 0 aliphatic rings. The second-order valence-corrected chi connectivity index (χ2v) is 9.75. The number of halogens is 1. The first-order chi connectivity index (χ1) is 17.9. The lowest BCUT2D eigenvalue weighted by atomic mass is 10.1. The molecule has 214 valence electrons. The minimum Gasteiger partial charge on any atom is -0.449 e. The minimum atomic E-state index is -0.552. The maximum absolute atomic E-state index is 12.2. The summed E-state index contributed by atoms with van der Waals surface area (Å²) in [5.41, 5.74) is 3.08. The Morgan fingerprint density at radius 3 is 2.13 bits per heavy atom. The summed E-state index contributed by atoms with van der Waals surface area (Å²) in [6.45, 7) is 16.4. The number of ether oxygens (including phenoxy) is 2. The number of hydrogen-bond acceptors (Lipinski definition) is 6. The van der Waals surface area contributed by atoms with Gasteiger partial charge in [-0.1, -0.05) is 54.9 Å². The number of aliphatic hydroxyl groups excluding tert-OH is 1. The van der Waals surface area contributed by atoms with Crippen molar-refractivity contribution in [3.63, 3.8) is 0 Å². The second kappa shape index (κ2) is 21.1. The Hall–Kier alpha value is -2.91. The SMILES string of the molecule is C=O.CC.CCCO.Cc1ccc(NC(=O)OCCc2ccc(Br)cc2)cc1CN(C)C(=O)OC(C)(C)C. The third kappa shape index (κ3) is 17.5. The quantitative estimate of drug-likeness (QED) is 0.351. The fraction of sp³-hybridized carbons (Fsp3) is 0.483. The van der Waals surface area contributed by atoms with Crippen LogP contribution in [0.5, 0.6) is 0 Å². The summed E-state index contributed by atoms with van der Waals surface area (Å²) in [6.07, 6.45) is 0.607. The van der Waals surface area contributed by atoms with Gasteiger partial charge in [0.2, 0.25) is 0 Å². The highest BCUT2D eigenvalue weighted by Crippen LogP contribution is 2.19. The molecule has 2 N–H and O–H groups in total. The highest BCUT2D eigenvalue weighted by molar-refractivity contribution is 9.10. The maximum atomic E-state index is 12.2. The normalized spacial score (nSPS) is 9.74. The standard InChI is InChI=1S/C23H29BrN2O4.C3H8O.C2H6.CH2O/c1-16-6-11-20(14-18(16)15-26(5)22(28)30-23(2,3)4)25-21(27)29-13-12-17-7-9-19(24)10-8-17;1-2-3-4;2*1-2/h6-11,14H,12-13,15H2,1-5H3,(H,25,27);4H,2-3H2,1H3;1-2H3;1H2. The Balaban J connectivity index is 0. The van der Waals surface area contributed by atoms with Gasteiger partial charge < -0.3 is 24.3 Å². The highest BCUT2D eigenvalue weighted by Gasteiger charge is 2.20. The predicted molar refractivity (Wildman–Crippen MR) is 158 cm³/mol. The summed E-state index contributed by atoms with van der Waals surface area (Å²) >= 11 is 3.40. The first-order valence-corrected chi connectivity index (χ1v) is 13.4. The summed E-state index contributed by atoms with van der Waals surface area (Å²) < 4.78 is 11.7. The molecular formula is C29H45BrN2O6. The fourth-order valence-corrected chi connectivity index (χ4v) is 2.91. The van der Waals surface area contributed by atoms with Crippen molar-refractivity contribution in [1.82, 2.24) is 4.90 Å². The molecule has 0 unspecified atom stereocenters. The molecule has 0 fully saturated rings. The van der Waals surface area contributed by atoms with Gasteiger partial charge in [0.25, 0.3) is 0 Å². The van der Waals surface area contributed by atoms with Gasteiger partial charge in [0, 0.05) is 36.8 Å². The van der Waals surface area contributed by atoms with Crippen LogP contribution in [0.25, 0.3) is 0 Å². The van der Waals surface area contributed by atoms with Crippen LogP contribution in [0.4, 0.5) is 15.3 Å². The number of amides is 2. The molecule has 2 amide bonds. The minimum absolute atomic E-state index is 0.285. The monoisotopic (exact) mass is 596 g/mol. The van der Waals surface area contributed by atoms with E-state index in [1.807, 2.05) is 97.7 Å². The number of benzene rings is 2. The Kier molecular flexibility index (Phi) is 20.7. The van der Waals surface area contributed by atoms with Crippen LogP contribution < -0.4 is 5.32 Å². The number of aliphatic hydroxyl groups is 1. The van der Waals surface area contributed by atoms with E-state index in [-0.39, 0.29) is 6.61 Å². The zero-order chi connectivity index (χ0) is 29.7. The van der Waals surface area contributed by atoms with Gasteiger partial charge in [0.1, 0.15) is 12.4 Å². The van der Waals surface area contributed by atoms with E-state index in [0.717, 1.165) is 27.6 Å². The molecule has 2 aromatic carbocycles. The van der Waals surface area contributed by atoms with Gasteiger partial charge in [-0.15, -0.1) is 0 Å². The van der Waals surface area contributed by atoms with Crippen molar-refractivity contribution < 1.29 is 29.0 Å². The molecule has 0 aliphatic carbocycles. The number of aryl methyl sites for hydroxylation is 1. The van der Waals surface area contributed by atoms with E-state index >= 15 is 0 Å². The lowest BCUT2D eigenvalue weighted by molar-refractivity contribution is -0.0980. The zero-order valence-electron chi connectivity index (χ0n) is 24.1. The molecule has 0 spiro atoms. The van der Waals surface area contributed by atoms with E-state index in [9.17, 15) is 9.59 Å². The summed E-state index contributed by atoms with van der Waals surface area (Å²) in [5, 5.41) is 10.6. The molecule has 8 nitrogen and oxygen atoms in total. The van der Waals surface area contributed by atoms with Gasteiger partial charge >= 0.3 is 12.2 Å². The smallest absolute Gasteiger partial charge is 0.411 e. The van der Waals surface area contributed by atoms with Crippen molar-refractivity contribution >= 4 is 40.6 Å². The van der Waals surface area contributed by atoms with Crippen molar-refractivity contribution in [3.8, 4) is 0 Å². The summed E-state index contributed by atoms with van der Waals surface area (Å²) in [7, 11) is 1.68. The number of carbonyl (C=O) groups is 3. The van der Waals surface area contributed by atoms with E-state index in [1.54, 1.807) is 7.05 Å². The van der Waals surface area contributed by atoms with Crippen LogP contribution in [0.2, 0.25) is 0 Å². The Labute approximate surface area is 236 Å². The molecule has 0 saturated carbocycles. The second-order valence-electron chi connectivity index (χ2n) is 8.84. The van der Waals surface area contributed by atoms with Crippen LogP contribution in [0.3, 0.4) is 0 Å². The fourth-order valence-electron chi connectivity index (χ4n) is 2.65. The molecule has 0 heterocycles. The molecule has 0 atom stereocenters. The van der Waals surface area contributed by atoms with Gasteiger partial charge in [0.15, 0.2) is 0 Å². The summed E-state index contributed by atoms with van der Waals surface area (Å²) in [4.78, 5) is 33.8. The molecule has 9 heteroatoms. The number of anilines is 1. The average molecular weight is 598 g/mol. The number of hydrogen-bond donors (Lipinski definition) is 2. The van der Waals surface area contributed by atoms with E-state index < -0.39 is 17.8 Å². The first kappa shape index (κ1) is 37.2. The summed E-state index contributed by atoms with van der Waals surface area (Å²) in [5.74, 6) is 0. The van der Waals surface area contributed by atoms with Crippen LogP contribution in [-0.4, -0.2) is 54.8 Å². The van der Waals surface area contributed by atoms with Crippen LogP contribution in [0, 0.1) is 6.92 Å². The van der Waals surface area contributed by atoms with Crippen molar-refractivity contribution in [1.29, 1.82) is 0 Å². The lowest BCUT2D eigenvalue weighted by Crippen LogP contribution is -2.34. The van der Waals surface area contributed by atoms with Gasteiger partial charge in [-0.25, -0.2) is 9.59 Å². The van der Waals surface area contributed by atoms with Crippen molar-refractivity contribution in [2.45, 2.75) is 73.5 Å². The largest absolute Gasteiger partial charge is 0.449 e. The molecule has 0 saturated heterocycles. The van der Waals surface area contributed by atoms with Gasteiger partial charge in [-0.2, -0.15) is 0 Å². The Morgan fingerprint density at radius 2 is 1.63 bits per heavy atom. The number of carbonyl (C=O) groups excluding carboxylic acids is 3. The Bertz CT molecular complexity index is 928. The molecular weight excluding hydrogens is 552 g/mol. The Morgan fingerprint density at radius 1 is 1.08 bits per heavy atom. The molecule has 0 aliphatic heterocycles. The molecule has 2 aromatic rings. The van der Waals surface area contributed by atoms with E-state index in [1.165, 1.54) is 4.90 Å². The third-order valence-electron chi connectivity index (χ3n) is 4.47. The van der Waals surface area contributed by atoms with Crippen LogP contribution in [-0.2, 0) is 27.2 Å². The maximum Gasteiger partial charge on any atom is 0.411 e. The molecule has 2 rings (SSSR count). The lowest BCUT2D eigenvalue weighted by Gasteiger charge is -2.25. The number of nitrogens with zero attached hydrogens (tertiary/aromatic N) is 1. The van der Waals surface area contributed by atoms with Crippen LogP contribution in [0.1, 0.15) is 64.7 Å². The third-order valence-corrected chi connectivity index (χ3v) is 5.00. The predicted octanol–water partition coefficient (Wildman–Crippen LogP) is 7.15. The van der Waals surface area contributed by atoms with Crippen molar-refractivity contribution in [2.75, 3.05) is 25.6 Å². The van der Waals surface area contributed by atoms with Crippen LogP contribution >= 0.6 is 15.9 Å². The number of rotatable bonds is 7. The van der Waals surface area contributed by atoms with Gasteiger partial charge in [0.05, 0.1) is 6.61 Å². The van der Waals surface area contributed by atoms with Gasteiger partial charge in [-0.05, 0) is 75.1 Å². The molecule has 38 heavy (non-hydrogen) atoms. The topological polar surface area (TPSA) is 105 Å². The molecule has 0 bridgehead atoms. The average Bonchev–Trinajstić information content (AvgIpc) is 2.88. The zero-order valence-corrected chi connectivity index (χ0v) is 25.7. The highest BCUT2D eigenvalue weighted by atomic mass is 79.9. The summed E-state index contributed by atoms with van der Waals surface area (Å²) in [6, 6.07) is 13.4. The van der Waals surface area contributed by atoms with E-state index in [2.05, 4.69) is 21.2 Å².